The molecule has 1 aromatic carbocycles. The molecule has 1 atom stereocenters. The van der Waals surface area contributed by atoms with Crippen molar-refractivity contribution >= 4 is 17.5 Å². The van der Waals surface area contributed by atoms with E-state index in [4.69, 9.17) is 20.9 Å². The molecule has 2 aromatic heterocycles. The number of nitrogens with zero attached hydrogens (tertiary/aromatic N) is 5. The average molecular weight is 398 g/mol. The fraction of sp³-hybridized carbons (Fsp3) is 0.400. The number of methoxy groups -OCH3 is 1. The number of benzene rings is 1. The van der Waals surface area contributed by atoms with Gasteiger partial charge in [-0.3, -0.25) is 0 Å². The lowest BCUT2D eigenvalue weighted by atomic mass is 9.91. The SMILES string of the molecule is COc1ccnc(N2CCC3(CC2)C[C@H]3c2nc(-c3cccc(Cl)c3)no2)n1. The molecule has 0 amide bonds. The third-order valence-corrected chi connectivity index (χ3v) is 6.12. The Labute approximate surface area is 167 Å². The molecule has 3 heterocycles. The molecule has 28 heavy (non-hydrogen) atoms. The Kier molecular flexibility index (Phi) is 4.19. The summed E-state index contributed by atoms with van der Waals surface area (Å²) in [6.07, 6.45) is 4.96. The number of hydrogen-bond donors (Lipinski definition) is 0. The zero-order chi connectivity index (χ0) is 19.1. The van der Waals surface area contributed by atoms with Gasteiger partial charge in [-0.15, -0.1) is 0 Å². The van der Waals surface area contributed by atoms with E-state index in [9.17, 15) is 0 Å². The number of rotatable bonds is 4. The first-order chi connectivity index (χ1) is 13.7. The van der Waals surface area contributed by atoms with Crippen molar-refractivity contribution in [1.82, 2.24) is 20.1 Å². The highest BCUT2D eigenvalue weighted by atomic mass is 35.5. The lowest BCUT2D eigenvalue weighted by Gasteiger charge is -2.32. The van der Waals surface area contributed by atoms with E-state index in [-0.39, 0.29) is 5.41 Å². The van der Waals surface area contributed by atoms with Crippen LogP contribution in [0.4, 0.5) is 5.95 Å². The fourth-order valence-corrected chi connectivity index (χ4v) is 4.31. The second-order valence-corrected chi connectivity index (χ2v) is 7.91. The van der Waals surface area contributed by atoms with Crippen LogP contribution in [0, 0.1) is 5.41 Å². The minimum atomic E-state index is 0.257. The first-order valence-electron chi connectivity index (χ1n) is 9.38. The van der Waals surface area contributed by atoms with Crippen LogP contribution in [-0.2, 0) is 0 Å². The smallest absolute Gasteiger partial charge is 0.230 e. The molecule has 0 radical (unpaired) electrons. The molecule has 1 saturated carbocycles. The van der Waals surface area contributed by atoms with E-state index in [2.05, 4.69) is 25.0 Å². The zero-order valence-corrected chi connectivity index (χ0v) is 16.3. The number of ether oxygens (including phenoxy) is 1. The van der Waals surface area contributed by atoms with Crippen LogP contribution in [0.25, 0.3) is 11.4 Å². The number of piperidine rings is 1. The summed E-state index contributed by atoms with van der Waals surface area (Å²) in [5.74, 6) is 2.99. The Bertz CT molecular complexity index is 1000. The summed E-state index contributed by atoms with van der Waals surface area (Å²) in [7, 11) is 1.62. The molecule has 1 spiro atoms. The van der Waals surface area contributed by atoms with Gasteiger partial charge in [0.1, 0.15) is 0 Å². The second kappa shape index (κ2) is 6.74. The van der Waals surface area contributed by atoms with Gasteiger partial charge in [-0.1, -0.05) is 28.9 Å². The molecule has 0 bridgehead atoms. The average Bonchev–Trinajstić information content (AvgIpc) is 3.20. The Hall–Kier alpha value is -2.67. The molecule has 0 N–H and O–H groups in total. The highest BCUT2D eigenvalue weighted by Crippen LogP contribution is 2.64. The zero-order valence-electron chi connectivity index (χ0n) is 15.5. The van der Waals surface area contributed by atoms with Gasteiger partial charge in [0.05, 0.1) is 7.11 Å². The third-order valence-electron chi connectivity index (χ3n) is 5.88. The van der Waals surface area contributed by atoms with Crippen molar-refractivity contribution in [2.24, 2.45) is 5.41 Å². The van der Waals surface area contributed by atoms with Gasteiger partial charge < -0.3 is 14.2 Å². The highest BCUT2D eigenvalue weighted by Gasteiger charge is 2.58. The molecule has 2 fully saturated rings. The molecule has 5 rings (SSSR count). The van der Waals surface area contributed by atoms with Gasteiger partial charge in [-0.2, -0.15) is 9.97 Å². The number of halogens is 1. The van der Waals surface area contributed by atoms with Crippen molar-refractivity contribution < 1.29 is 9.26 Å². The van der Waals surface area contributed by atoms with Gasteiger partial charge in [-0.25, -0.2) is 4.98 Å². The lowest BCUT2D eigenvalue weighted by Crippen LogP contribution is -2.36. The molecular weight excluding hydrogens is 378 g/mol. The van der Waals surface area contributed by atoms with Crippen LogP contribution in [-0.4, -0.2) is 40.3 Å². The van der Waals surface area contributed by atoms with Crippen molar-refractivity contribution in [3.05, 3.63) is 47.4 Å². The molecular formula is C20H20ClN5O2. The van der Waals surface area contributed by atoms with Gasteiger partial charge in [0.15, 0.2) is 0 Å². The molecule has 1 aliphatic carbocycles. The van der Waals surface area contributed by atoms with Crippen molar-refractivity contribution in [2.45, 2.75) is 25.2 Å². The van der Waals surface area contributed by atoms with Crippen molar-refractivity contribution in [1.29, 1.82) is 0 Å². The van der Waals surface area contributed by atoms with Gasteiger partial charge >= 0.3 is 0 Å². The van der Waals surface area contributed by atoms with E-state index >= 15 is 0 Å². The maximum absolute atomic E-state index is 6.07. The quantitative estimate of drug-likeness (QED) is 0.659. The minimum absolute atomic E-state index is 0.257. The molecule has 3 aromatic rings. The molecule has 0 unspecified atom stereocenters. The first kappa shape index (κ1) is 17.4. The molecule has 8 heteroatoms. The van der Waals surface area contributed by atoms with E-state index in [1.54, 1.807) is 19.4 Å². The Morgan fingerprint density at radius 1 is 1.21 bits per heavy atom. The second-order valence-electron chi connectivity index (χ2n) is 7.47. The third kappa shape index (κ3) is 3.09. The topological polar surface area (TPSA) is 77.2 Å². The molecule has 2 aliphatic rings. The van der Waals surface area contributed by atoms with Crippen molar-refractivity contribution in [3.63, 3.8) is 0 Å². The summed E-state index contributed by atoms with van der Waals surface area (Å²) in [6.45, 7) is 1.83. The van der Waals surface area contributed by atoms with Gasteiger partial charge in [-0.05, 0) is 36.8 Å². The lowest BCUT2D eigenvalue weighted by molar-refractivity contribution is 0.325. The van der Waals surface area contributed by atoms with E-state index in [1.165, 1.54) is 0 Å². The predicted molar refractivity (Wildman–Crippen MR) is 105 cm³/mol. The number of anilines is 1. The van der Waals surface area contributed by atoms with Crippen LogP contribution >= 0.6 is 11.6 Å². The summed E-state index contributed by atoms with van der Waals surface area (Å²) in [4.78, 5) is 15.7. The molecule has 1 aliphatic heterocycles. The monoisotopic (exact) mass is 397 g/mol. The largest absolute Gasteiger partial charge is 0.481 e. The normalized spacial score (nSPS) is 20.4. The highest BCUT2D eigenvalue weighted by molar-refractivity contribution is 6.30. The van der Waals surface area contributed by atoms with Crippen LogP contribution < -0.4 is 9.64 Å². The summed E-state index contributed by atoms with van der Waals surface area (Å²) >= 11 is 6.07. The van der Waals surface area contributed by atoms with Crippen molar-refractivity contribution in [3.8, 4) is 17.3 Å². The van der Waals surface area contributed by atoms with Gasteiger partial charge in [0.2, 0.25) is 23.5 Å². The minimum Gasteiger partial charge on any atom is -0.481 e. The molecule has 144 valence electrons. The summed E-state index contributed by atoms with van der Waals surface area (Å²) in [5.41, 5.74) is 1.13. The van der Waals surface area contributed by atoms with Crippen LogP contribution in [0.5, 0.6) is 5.88 Å². The Morgan fingerprint density at radius 3 is 2.86 bits per heavy atom. The molecule has 1 saturated heterocycles. The fourth-order valence-electron chi connectivity index (χ4n) is 4.12. The van der Waals surface area contributed by atoms with E-state index < -0.39 is 0 Å². The van der Waals surface area contributed by atoms with E-state index in [1.807, 2.05) is 24.3 Å². The number of hydrogen-bond acceptors (Lipinski definition) is 7. The first-order valence-corrected chi connectivity index (χ1v) is 9.76. The van der Waals surface area contributed by atoms with E-state index in [0.717, 1.165) is 49.8 Å². The van der Waals surface area contributed by atoms with Crippen LogP contribution in [0.3, 0.4) is 0 Å². The van der Waals surface area contributed by atoms with E-state index in [0.29, 0.717) is 22.6 Å². The summed E-state index contributed by atoms with van der Waals surface area (Å²) < 4.78 is 10.8. The maximum Gasteiger partial charge on any atom is 0.230 e. The van der Waals surface area contributed by atoms with Crippen LogP contribution in [0.15, 0.2) is 41.1 Å². The van der Waals surface area contributed by atoms with Crippen molar-refractivity contribution in [2.75, 3.05) is 25.1 Å². The summed E-state index contributed by atoms with van der Waals surface area (Å²) in [6, 6.07) is 9.28. The maximum atomic E-state index is 6.07. The molecule has 7 nitrogen and oxygen atoms in total. The van der Waals surface area contributed by atoms with Crippen LogP contribution in [0.2, 0.25) is 5.02 Å². The summed E-state index contributed by atoms with van der Waals surface area (Å²) in [5, 5.41) is 4.82. The Balaban J connectivity index is 1.26. The van der Waals surface area contributed by atoms with Gasteiger partial charge in [0, 0.05) is 41.9 Å². The standard InChI is InChI=1S/C20H20ClN5O2/c1-27-16-5-8-22-19(23-16)26-9-6-20(7-10-26)12-15(20)18-24-17(25-28-18)13-3-2-4-14(21)11-13/h2-5,8,11,15H,6-7,9-10,12H2,1H3/t15-/m0/s1. The van der Waals surface area contributed by atoms with Crippen LogP contribution in [0.1, 0.15) is 31.1 Å². The Morgan fingerprint density at radius 2 is 2.07 bits per heavy atom. The predicted octanol–water partition coefficient (Wildman–Crippen LogP) is 3.96. The number of aromatic nitrogens is 4. The van der Waals surface area contributed by atoms with Gasteiger partial charge in [0.25, 0.3) is 0 Å².